The number of nitrogens with two attached hydrogens (primary N) is 1. The van der Waals surface area contributed by atoms with E-state index in [1.54, 1.807) is 13.8 Å². The third-order valence-corrected chi connectivity index (χ3v) is 6.98. The highest BCUT2D eigenvalue weighted by atomic mass is 19.3. The van der Waals surface area contributed by atoms with E-state index in [0.29, 0.717) is 6.42 Å². The van der Waals surface area contributed by atoms with E-state index in [9.17, 15) is 13.6 Å². The van der Waals surface area contributed by atoms with Crippen molar-refractivity contribution in [1.29, 1.82) is 0 Å². The molecular formula is C23H38BF2NO4. The number of rotatable bonds is 7. The van der Waals surface area contributed by atoms with Gasteiger partial charge in [-0.05, 0) is 59.9 Å². The van der Waals surface area contributed by atoms with Crippen molar-refractivity contribution in [2.75, 3.05) is 0 Å². The van der Waals surface area contributed by atoms with Crippen molar-refractivity contribution in [3.63, 3.8) is 0 Å². The van der Waals surface area contributed by atoms with Crippen LogP contribution in [0.15, 0.2) is 23.7 Å². The average molecular weight is 441 g/mol. The number of alkyl halides is 2. The zero-order valence-electron chi connectivity index (χ0n) is 20.3. The molecule has 2 N–H and O–H groups in total. The monoisotopic (exact) mass is 441 g/mol. The predicted octanol–water partition coefficient (Wildman–Crippen LogP) is 4.84. The second kappa shape index (κ2) is 8.27. The highest BCUT2D eigenvalue weighted by Gasteiger charge is 2.56. The quantitative estimate of drug-likeness (QED) is 0.452. The van der Waals surface area contributed by atoms with Gasteiger partial charge in [0, 0.05) is 10.8 Å². The molecule has 0 spiro atoms. The summed E-state index contributed by atoms with van der Waals surface area (Å²) in [5.41, 5.74) is 2.51. The summed E-state index contributed by atoms with van der Waals surface area (Å²) in [7, 11) is -0.543. The summed E-state index contributed by atoms with van der Waals surface area (Å²) < 4.78 is 45.0. The maximum Gasteiger partial charge on any atom is 0.494 e. The van der Waals surface area contributed by atoms with Gasteiger partial charge in [-0.2, -0.15) is 0 Å². The summed E-state index contributed by atoms with van der Waals surface area (Å²) in [5, 5.41) is 0. The summed E-state index contributed by atoms with van der Waals surface area (Å²) >= 11 is 0. The fraction of sp³-hybridized carbons (Fsp3) is 0.783. The number of hydrogen-bond acceptors (Lipinski definition) is 5. The molecular weight excluding hydrogens is 403 g/mol. The minimum atomic E-state index is -2.63. The zero-order chi connectivity index (χ0) is 24.0. The normalized spacial score (nSPS) is 27.4. The number of hydrogen-bond donors (Lipinski definition) is 1. The van der Waals surface area contributed by atoms with Gasteiger partial charge in [-0.15, -0.1) is 0 Å². The van der Waals surface area contributed by atoms with Gasteiger partial charge >= 0.3 is 13.1 Å². The SMILES string of the molecule is CC(C)OC(=O)C(N)(CC(C)(C)C(F)F)C1(C)C=CC(B2OC(C)(C)C(C)(C)O2)=CC1. The number of halogens is 2. The van der Waals surface area contributed by atoms with Crippen LogP contribution in [0.2, 0.25) is 0 Å². The van der Waals surface area contributed by atoms with Crippen LogP contribution in [0.1, 0.15) is 75.2 Å². The molecule has 31 heavy (non-hydrogen) atoms. The van der Waals surface area contributed by atoms with Crippen LogP contribution in [0.5, 0.6) is 0 Å². The van der Waals surface area contributed by atoms with Gasteiger partial charge in [-0.3, -0.25) is 4.79 Å². The van der Waals surface area contributed by atoms with E-state index in [4.69, 9.17) is 19.8 Å². The van der Waals surface area contributed by atoms with Gasteiger partial charge in [0.2, 0.25) is 6.43 Å². The molecule has 2 unspecified atom stereocenters. The largest absolute Gasteiger partial charge is 0.494 e. The fourth-order valence-corrected chi connectivity index (χ4v) is 3.85. The van der Waals surface area contributed by atoms with Gasteiger partial charge in [0.05, 0.1) is 17.3 Å². The van der Waals surface area contributed by atoms with Crippen LogP contribution < -0.4 is 5.73 Å². The Bertz CT molecular complexity index is 747. The summed E-state index contributed by atoms with van der Waals surface area (Å²) in [6.45, 7) is 16.0. The molecule has 5 nitrogen and oxygen atoms in total. The summed E-state index contributed by atoms with van der Waals surface area (Å²) in [6.07, 6.45) is 2.67. The van der Waals surface area contributed by atoms with Crippen molar-refractivity contribution in [2.45, 2.75) is 104 Å². The third-order valence-electron chi connectivity index (χ3n) is 6.98. The number of allylic oxidation sites excluding steroid dienone is 3. The van der Waals surface area contributed by atoms with Gasteiger partial charge in [-0.25, -0.2) is 8.78 Å². The van der Waals surface area contributed by atoms with Gasteiger partial charge in [0.25, 0.3) is 0 Å². The molecule has 2 aliphatic rings. The maximum absolute atomic E-state index is 13.7. The lowest BCUT2D eigenvalue weighted by molar-refractivity contribution is -0.161. The van der Waals surface area contributed by atoms with Crippen molar-refractivity contribution in [3.8, 4) is 0 Å². The van der Waals surface area contributed by atoms with E-state index in [-0.39, 0.29) is 6.42 Å². The average Bonchev–Trinajstić information content (AvgIpc) is 2.81. The molecule has 1 heterocycles. The molecule has 1 aliphatic heterocycles. The van der Waals surface area contributed by atoms with Crippen LogP contribution in [0.25, 0.3) is 0 Å². The van der Waals surface area contributed by atoms with Crippen LogP contribution in [0.3, 0.4) is 0 Å². The van der Waals surface area contributed by atoms with E-state index >= 15 is 0 Å². The standard InChI is InChI=1S/C23H38BF2NO4/c1-15(2)29-18(28)23(27,14-19(3,4)17(25)26)22(9)12-10-16(11-13-22)24-30-20(5,6)21(7,8)31-24/h10-12,15,17H,13-14,27H2,1-9H3. The lowest BCUT2D eigenvalue weighted by atomic mass is 9.59. The molecule has 1 fully saturated rings. The first-order valence-electron chi connectivity index (χ1n) is 10.9. The minimum absolute atomic E-state index is 0.219. The number of carbonyl (C=O) groups is 1. The molecule has 0 radical (unpaired) electrons. The van der Waals surface area contributed by atoms with E-state index in [0.717, 1.165) is 5.47 Å². The fourth-order valence-electron chi connectivity index (χ4n) is 3.85. The van der Waals surface area contributed by atoms with Crippen molar-refractivity contribution in [3.05, 3.63) is 23.7 Å². The molecule has 0 aromatic heterocycles. The molecule has 0 saturated carbocycles. The van der Waals surface area contributed by atoms with Crippen molar-refractivity contribution in [1.82, 2.24) is 0 Å². The van der Waals surface area contributed by atoms with Gasteiger partial charge in [-0.1, -0.05) is 39.0 Å². The molecule has 176 valence electrons. The Morgan fingerprint density at radius 1 is 1.19 bits per heavy atom. The van der Waals surface area contributed by atoms with Gasteiger partial charge < -0.3 is 19.8 Å². The van der Waals surface area contributed by atoms with Gasteiger partial charge in [0.15, 0.2) is 0 Å². The van der Waals surface area contributed by atoms with Crippen LogP contribution in [-0.2, 0) is 18.8 Å². The summed E-state index contributed by atoms with van der Waals surface area (Å²) in [4.78, 5) is 13.1. The lowest BCUT2D eigenvalue weighted by Crippen LogP contribution is -2.63. The highest BCUT2D eigenvalue weighted by Crippen LogP contribution is 2.48. The van der Waals surface area contributed by atoms with Crippen molar-refractivity contribution >= 4 is 13.1 Å². The molecule has 2 rings (SSSR count). The Labute approximate surface area is 185 Å². The lowest BCUT2D eigenvalue weighted by Gasteiger charge is -2.47. The maximum atomic E-state index is 13.7. The van der Waals surface area contributed by atoms with Crippen LogP contribution in [-0.4, -0.2) is 42.4 Å². The zero-order valence-corrected chi connectivity index (χ0v) is 20.3. The second-order valence-electron chi connectivity index (χ2n) is 11.1. The first-order valence-corrected chi connectivity index (χ1v) is 10.9. The number of carbonyl (C=O) groups excluding carboxylic acids is 1. The molecule has 0 aromatic carbocycles. The first kappa shape index (κ1) is 26.0. The molecule has 1 aliphatic carbocycles. The minimum Gasteiger partial charge on any atom is -0.462 e. The second-order valence-corrected chi connectivity index (χ2v) is 11.1. The summed E-state index contributed by atoms with van der Waals surface area (Å²) in [6, 6.07) is 0. The summed E-state index contributed by atoms with van der Waals surface area (Å²) in [5.74, 6) is -0.671. The molecule has 1 saturated heterocycles. The molecule has 2 atom stereocenters. The molecule has 0 aromatic rings. The third kappa shape index (κ3) is 4.91. The molecule has 8 heteroatoms. The molecule has 0 bridgehead atoms. The number of esters is 1. The topological polar surface area (TPSA) is 70.8 Å². The van der Waals surface area contributed by atoms with Crippen LogP contribution >= 0.6 is 0 Å². The van der Waals surface area contributed by atoms with Crippen LogP contribution in [0, 0.1) is 10.8 Å². The predicted molar refractivity (Wildman–Crippen MR) is 119 cm³/mol. The van der Waals surface area contributed by atoms with Gasteiger partial charge in [0.1, 0.15) is 5.54 Å². The Hall–Kier alpha value is -1.25. The Balaban J connectivity index is 2.34. The Kier molecular flexibility index (Phi) is 6.94. The smallest absolute Gasteiger partial charge is 0.462 e. The van der Waals surface area contributed by atoms with E-state index in [1.165, 1.54) is 13.8 Å². The Morgan fingerprint density at radius 2 is 1.71 bits per heavy atom. The molecule has 0 amide bonds. The van der Waals surface area contributed by atoms with Crippen LogP contribution in [0.4, 0.5) is 8.78 Å². The van der Waals surface area contributed by atoms with Crippen molar-refractivity contribution < 1.29 is 27.6 Å². The van der Waals surface area contributed by atoms with Crippen molar-refractivity contribution in [2.24, 2.45) is 16.6 Å². The number of ether oxygens (including phenoxy) is 1. The highest BCUT2D eigenvalue weighted by molar-refractivity contribution is 6.55. The van der Waals surface area contributed by atoms with E-state index in [2.05, 4.69) is 0 Å². The first-order chi connectivity index (χ1) is 13.9. The van der Waals surface area contributed by atoms with E-state index in [1.807, 2.05) is 52.8 Å². The Morgan fingerprint density at radius 3 is 2.10 bits per heavy atom. The van der Waals surface area contributed by atoms with E-state index < -0.39 is 53.2 Å².